The first kappa shape index (κ1) is 21.6. The first-order valence-electron chi connectivity index (χ1n) is 11.1. The molecule has 7 nitrogen and oxygen atoms in total. The van der Waals surface area contributed by atoms with Crippen LogP contribution in [0.1, 0.15) is 10.5 Å². The van der Waals surface area contributed by atoms with E-state index in [1.165, 1.54) is 12.1 Å². The number of nitrogens with zero attached hydrogens (tertiary/aromatic N) is 5. The molecule has 34 heavy (non-hydrogen) atoms. The number of methoxy groups -OCH3 is 1. The Labute approximate surface area is 197 Å². The van der Waals surface area contributed by atoms with E-state index < -0.39 is 0 Å². The Bertz CT molecular complexity index is 1270. The molecule has 1 aliphatic heterocycles. The number of hydrogen-bond acceptors (Lipinski definition) is 5. The maximum Gasteiger partial charge on any atom is 0.274 e. The average molecular weight is 458 g/mol. The molecule has 172 valence electrons. The average Bonchev–Trinajstić information content (AvgIpc) is 3.35. The van der Waals surface area contributed by atoms with E-state index in [4.69, 9.17) is 4.74 Å². The van der Waals surface area contributed by atoms with Crippen molar-refractivity contribution in [2.45, 2.75) is 0 Å². The van der Waals surface area contributed by atoms with Gasteiger partial charge in [0.2, 0.25) is 0 Å². The summed E-state index contributed by atoms with van der Waals surface area (Å²) in [6.45, 7) is 2.64. The van der Waals surface area contributed by atoms with Crippen molar-refractivity contribution in [2.75, 3.05) is 38.2 Å². The van der Waals surface area contributed by atoms with Gasteiger partial charge in [-0.05, 0) is 66.7 Å². The van der Waals surface area contributed by atoms with Gasteiger partial charge >= 0.3 is 0 Å². The van der Waals surface area contributed by atoms with Crippen molar-refractivity contribution >= 4 is 11.6 Å². The molecular formula is C26H24FN5O2. The number of amides is 1. The van der Waals surface area contributed by atoms with Crippen LogP contribution in [-0.2, 0) is 0 Å². The van der Waals surface area contributed by atoms with E-state index in [1.807, 2.05) is 41.3 Å². The number of aromatic nitrogens is 3. The van der Waals surface area contributed by atoms with Crippen molar-refractivity contribution < 1.29 is 13.9 Å². The molecule has 1 amide bonds. The molecule has 1 saturated heterocycles. The lowest BCUT2D eigenvalue weighted by Crippen LogP contribution is -2.48. The molecule has 8 heteroatoms. The van der Waals surface area contributed by atoms with Crippen molar-refractivity contribution in [3.05, 3.63) is 90.6 Å². The molecule has 0 spiro atoms. The summed E-state index contributed by atoms with van der Waals surface area (Å²) in [5, 5.41) is 4.61. The number of pyridine rings is 1. The summed E-state index contributed by atoms with van der Waals surface area (Å²) < 4.78 is 20.4. The molecule has 4 aromatic rings. The first-order chi connectivity index (χ1) is 16.6. The highest BCUT2D eigenvalue weighted by molar-refractivity contribution is 5.94. The monoisotopic (exact) mass is 457 g/mol. The molecule has 2 aromatic carbocycles. The molecular weight excluding hydrogens is 433 g/mol. The van der Waals surface area contributed by atoms with Crippen molar-refractivity contribution in [1.82, 2.24) is 19.7 Å². The van der Waals surface area contributed by atoms with Crippen molar-refractivity contribution in [3.63, 3.8) is 0 Å². The topological polar surface area (TPSA) is 63.5 Å². The number of benzene rings is 2. The molecule has 1 fully saturated rings. The molecule has 0 N–H and O–H groups in total. The summed E-state index contributed by atoms with van der Waals surface area (Å²) in [5.41, 5.74) is 3.67. The second-order valence-electron chi connectivity index (χ2n) is 8.02. The molecule has 0 unspecified atom stereocenters. The molecule has 0 saturated carbocycles. The summed E-state index contributed by atoms with van der Waals surface area (Å²) in [6, 6.07) is 19.5. The normalized spacial score (nSPS) is 13.7. The van der Waals surface area contributed by atoms with Gasteiger partial charge in [0.05, 0.1) is 18.5 Å². The summed E-state index contributed by atoms with van der Waals surface area (Å²) >= 11 is 0. The number of halogens is 1. The zero-order valence-corrected chi connectivity index (χ0v) is 18.8. The zero-order valence-electron chi connectivity index (χ0n) is 18.8. The third kappa shape index (κ3) is 4.34. The van der Waals surface area contributed by atoms with Crippen LogP contribution >= 0.6 is 0 Å². The second-order valence-corrected chi connectivity index (χ2v) is 8.02. The predicted molar refractivity (Wildman–Crippen MR) is 128 cm³/mol. The number of carbonyl (C=O) groups is 1. The fourth-order valence-electron chi connectivity index (χ4n) is 4.11. The smallest absolute Gasteiger partial charge is 0.274 e. The van der Waals surface area contributed by atoms with Crippen LogP contribution in [-0.4, -0.2) is 58.9 Å². The second kappa shape index (κ2) is 9.35. The lowest BCUT2D eigenvalue weighted by atomic mass is 10.2. The zero-order chi connectivity index (χ0) is 23.5. The van der Waals surface area contributed by atoms with Crippen LogP contribution in [0.15, 0.2) is 79.1 Å². The fraction of sp³-hybridized carbons (Fsp3) is 0.192. The maximum absolute atomic E-state index is 13.5. The van der Waals surface area contributed by atoms with Gasteiger partial charge in [0.25, 0.3) is 5.91 Å². The summed E-state index contributed by atoms with van der Waals surface area (Å²) in [4.78, 5) is 21.6. The van der Waals surface area contributed by atoms with Gasteiger partial charge in [-0.1, -0.05) is 0 Å². The lowest BCUT2D eigenvalue weighted by Gasteiger charge is -2.35. The minimum atomic E-state index is -0.329. The summed E-state index contributed by atoms with van der Waals surface area (Å²) in [5.74, 6) is 0.365. The van der Waals surface area contributed by atoms with E-state index in [2.05, 4.69) is 15.0 Å². The van der Waals surface area contributed by atoms with Gasteiger partial charge in [-0.2, -0.15) is 5.10 Å². The quantitative estimate of drug-likeness (QED) is 0.453. The predicted octanol–water partition coefficient (Wildman–Crippen LogP) is 4.04. The van der Waals surface area contributed by atoms with E-state index in [0.717, 1.165) is 35.8 Å². The van der Waals surface area contributed by atoms with Gasteiger partial charge in [0.1, 0.15) is 11.6 Å². The Hall–Kier alpha value is -4.20. The third-order valence-corrected chi connectivity index (χ3v) is 5.96. The van der Waals surface area contributed by atoms with Crippen molar-refractivity contribution in [1.29, 1.82) is 0 Å². The number of carbonyl (C=O) groups excluding carboxylic acids is 1. The molecule has 2 aromatic heterocycles. The number of rotatable bonds is 5. The van der Waals surface area contributed by atoms with Crippen LogP contribution < -0.4 is 9.64 Å². The van der Waals surface area contributed by atoms with Crippen LogP contribution in [0.4, 0.5) is 10.1 Å². The highest BCUT2D eigenvalue weighted by Crippen LogP contribution is 2.25. The van der Waals surface area contributed by atoms with Crippen LogP contribution in [0, 0.1) is 5.82 Å². The van der Waals surface area contributed by atoms with E-state index in [-0.39, 0.29) is 11.7 Å². The molecule has 3 heterocycles. The van der Waals surface area contributed by atoms with Crippen LogP contribution in [0.3, 0.4) is 0 Å². The Morgan fingerprint density at radius 2 is 1.65 bits per heavy atom. The van der Waals surface area contributed by atoms with Crippen LogP contribution in [0.25, 0.3) is 16.9 Å². The Morgan fingerprint density at radius 1 is 0.941 bits per heavy atom. The number of hydrogen-bond donors (Lipinski definition) is 0. The third-order valence-electron chi connectivity index (χ3n) is 5.96. The number of ether oxygens (including phenoxy) is 1. The molecule has 0 bridgehead atoms. The molecule has 0 atom stereocenters. The molecule has 0 aliphatic carbocycles. The molecule has 5 rings (SSSR count). The Morgan fingerprint density at radius 3 is 2.29 bits per heavy atom. The summed E-state index contributed by atoms with van der Waals surface area (Å²) in [7, 11) is 1.65. The lowest BCUT2D eigenvalue weighted by molar-refractivity contribution is 0.0740. The van der Waals surface area contributed by atoms with Gasteiger partial charge in [0, 0.05) is 49.8 Å². The highest BCUT2D eigenvalue weighted by Gasteiger charge is 2.25. The maximum atomic E-state index is 13.5. The Balaban J connectivity index is 1.37. The minimum Gasteiger partial charge on any atom is -0.497 e. The van der Waals surface area contributed by atoms with Crippen LogP contribution in [0.2, 0.25) is 0 Å². The molecule has 0 radical (unpaired) electrons. The van der Waals surface area contributed by atoms with Gasteiger partial charge in [-0.25, -0.2) is 9.07 Å². The highest BCUT2D eigenvalue weighted by atomic mass is 19.1. The minimum absolute atomic E-state index is 0.125. The standard InChI is InChI=1S/C26H24FN5O2/c1-34-23-10-8-21(9-11-23)30-13-15-31(16-14-30)26(33)24-17-25(19-3-2-12-28-18-19)32(29-24)22-6-4-20(27)5-7-22/h2-12,17-18H,13-16H2,1H3. The van der Waals surface area contributed by atoms with Crippen molar-refractivity contribution in [3.8, 4) is 22.7 Å². The largest absolute Gasteiger partial charge is 0.497 e. The molecule has 1 aliphatic rings. The van der Waals surface area contributed by atoms with E-state index in [0.29, 0.717) is 24.5 Å². The fourth-order valence-corrected chi connectivity index (χ4v) is 4.11. The van der Waals surface area contributed by atoms with E-state index >= 15 is 0 Å². The van der Waals surface area contributed by atoms with Gasteiger partial charge < -0.3 is 14.5 Å². The number of piperazine rings is 1. The van der Waals surface area contributed by atoms with Crippen LogP contribution in [0.5, 0.6) is 5.75 Å². The van der Waals surface area contributed by atoms with E-state index in [9.17, 15) is 9.18 Å². The Kier molecular flexibility index (Phi) is 5.95. The number of anilines is 1. The van der Waals surface area contributed by atoms with Crippen molar-refractivity contribution in [2.24, 2.45) is 0 Å². The van der Waals surface area contributed by atoms with Gasteiger partial charge in [0.15, 0.2) is 5.69 Å². The summed E-state index contributed by atoms with van der Waals surface area (Å²) in [6.07, 6.45) is 3.41. The van der Waals surface area contributed by atoms with Gasteiger partial charge in [-0.15, -0.1) is 0 Å². The first-order valence-corrected chi connectivity index (χ1v) is 11.1. The van der Waals surface area contributed by atoms with Gasteiger partial charge in [-0.3, -0.25) is 9.78 Å². The SMILES string of the molecule is COc1ccc(N2CCN(C(=O)c3cc(-c4cccnc4)n(-c4ccc(F)cc4)n3)CC2)cc1. The van der Waals surface area contributed by atoms with E-state index in [1.54, 1.807) is 42.4 Å².